The van der Waals surface area contributed by atoms with Gasteiger partial charge in [-0.05, 0) is 18.2 Å². The van der Waals surface area contributed by atoms with Crippen molar-refractivity contribution in [1.29, 1.82) is 0 Å². The van der Waals surface area contributed by atoms with Gasteiger partial charge in [0.25, 0.3) is 0 Å². The summed E-state index contributed by atoms with van der Waals surface area (Å²) in [5.41, 5.74) is 3.15. The van der Waals surface area contributed by atoms with Crippen molar-refractivity contribution in [2.24, 2.45) is 0 Å². The van der Waals surface area contributed by atoms with E-state index in [0.717, 1.165) is 33.1 Å². The van der Waals surface area contributed by atoms with Crippen molar-refractivity contribution in [1.82, 2.24) is 4.98 Å². The Kier molecular flexibility index (Phi) is 3.19. The first-order valence-electron chi connectivity index (χ1n) is 7.06. The third-order valence-electron chi connectivity index (χ3n) is 3.89. The molecule has 3 nitrogen and oxygen atoms in total. The summed E-state index contributed by atoms with van der Waals surface area (Å²) in [6.45, 7) is 0.580. The summed E-state index contributed by atoms with van der Waals surface area (Å²) in [6, 6.07) is 13.2. The number of fused-ring (bicyclic) bond motifs is 2. The normalized spacial score (nSPS) is 12.3. The Hall–Kier alpha value is -2.20. The molecule has 108 valence electrons. The zero-order valence-corrected chi connectivity index (χ0v) is 13.3. The van der Waals surface area contributed by atoms with Gasteiger partial charge in [-0.1, -0.05) is 40.2 Å². The highest BCUT2D eigenvalue weighted by Crippen LogP contribution is 2.40. The first kappa shape index (κ1) is 13.5. The zero-order chi connectivity index (χ0) is 15.1. The van der Waals surface area contributed by atoms with Crippen molar-refractivity contribution in [3.05, 3.63) is 59.8 Å². The van der Waals surface area contributed by atoms with Gasteiger partial charge in [0.2, 0.25) is 0 Å². The Balaban J connectivity index is 2.06. The minimum Gasteiger partial charge on any atom is -0.492 e. The molecule has 3 aromatic rings. The van der Waals surface area contributed by atoms with Crippen LogP contribution in [0.3, 0.4) is 0 Å². The standard InChI is InChI=1S/C18H12BrNO2/c19-8-10-22-15-6-5-14-16-13(15)7-9-20-17(16)11-3-1-2-4-12(11)18(14)21/h1-7,9H,8,10H2. The summed E-state index contributed by atoms with van der Waals surface area (Å²) in [5.74, 6) is 0.835. The van der Waals surface area contributed by atoms with Crippen LogP contribution in [0.25, 0.3) is 22.0 Å². The molecule has 2 aromatic carbocycles. The summed E-state index contributed by atoms with van der Waals surface area (Å²) in [4.78, 5) is 17.3. The largest absolute Gasteiger partial charge is 0.492 e. The number of pyridine rings is 1. The number of rotatable bonds is 3. The second kappa shape index (κ2) is 5.21. The summed E-state index contributed by atoms with van der Waals surface area (Å²) < 4.78 is 5.78. The molecule has 0 N–H and O–H groups in total. The van der Waals surface area contributed by atoms with Crippen molar-refractivity contribution >= 4 is 32.5 Å². The fraction of sp³-hybridized carbons (Fsp3) is 0.111. The number of aromatic nitrogens is 1. The van der Waals surface area contributed by atoms with Crippen LogP contribution in [0.1, 0.15) is 15.9 Å². The fourth-order valence-corrected chi connectivity index (χ4v) is 3.13. The van der Waals surface area contributed by atoms with E-state index < -0.39 is 0 Å². The Labute approximate surface area is 136 Å². The van der Waals surface area contributed by atoms with E-state index in [1.165, 1.54) is 0 Å². The molecule has 0 amide bonds. The van der Waals surface area contributed by atoms with E-state index >= 15 is 0 Å². The number of carbonyl (C=O) groups excluding carboxylic acids is 1. The molecular weight excluding hydrogens is 342 g/mol. The summed E-state index contributed by atoms with van der Waals surface area (Å²) >= 11 is 3.36. The number of alkyl halides is 1. The molecule has 0 saturated carbocycles. The van der Waals surface area contributed by atoms with Crippen LogP contribution in [-0.4, -0.2) is 22.7 Å². The lowest BCUT2D eigenvalue weighted by Gasteiger charge is -2.20. The minimum absolute atomic E-state index is 0.0492. The van der Waals surface area contributed by atoms with Crippen LogP contribution in [0.4, 0.5) is 0 Å². The smallest absolute Gasteiger partial charge is 0.194 e. The Morgan fingerprint density at radius 1 is 1.00 bits per heavy atom. The van der Waals surface area contributed by atoms with Crippen LogP contribution >= 0.6 is 15.9 Å². The molecule has 0 spiro atoms. The third-order valence-corrected chi connectivity index (χ3v) is 4.22. The number of hydrogen-bond donors (Lipinski definition) is 0. The van der Waals surface area contributed by atoms with Gasteiger partial charge in [0.05, 0.1) is 12.3 Å². The van der Waals surface area contributed by atoms with Gasteiger partial charge < -0.3 is 4.74 Å². The van der Waals surface area contributed by atoms with Crippen LogP contribution in [0, 0.1) is 0 Å². The van der Waals surface area contributed by atoms with Gasteiger partial charge in [-0.3, -0.25) is 9.78 Å². The van der Waals surface area contributed by atoms with Gasteiger partial charge >= 0.3 is 0 Å². The fourth-order valence-electron chi connectivity index (χ4n) is 2.97. The topological polar surface area (TPSA) is 39.2 Å². The molecule has 1 aliphatic rings. The van der Waals surface area contributed by atoms with Gasteiger partial charge in [-0.2, -0.15) is 0 Å². The van der Waals surface area contributed by atoms with Crippen molar-refractivity contribution in [3.63, 3.8) is 0 Å². The highest BCUT2D eigenvalue weighted by molar-refractivity contribution is 9.09. The predicted octanol–water partition coefficient (Wildman–Crippen LogP) is 4.22. The molecular formula is C18H12BrNO2. The second-order valence-corrected chi connectivity index (χ2v) is 5.90. The molecule has 1 aliphatic carbocycles. The molecule has 0 atom stereocenters. The first-order chi connectivity index (χ1) is 10.8. The lowest BCUT2D eigenvalue weighted by atomic mass is 9.85. The molecule has 0 bridgehead atoms. The van der Waals surface area contributed by atoms with Crippen molar-refractivity contribution in [2.45, 2.75) is 0 Å². The number of hydrogen-bond acceptors (Lipinski definition) is 3. The van der Waals surface area contributed by atoms with Crippen LogP contribution in [0.5, 0.6) is 5.75 Å². The maximum absolute atomic E-state index is 12.7. The van der Waals surface area contributed by atoms with Gasteiger partial charge in [-0.15, -0.1) is 0 Å². The molecule has 1 heterocycles. The maximum Gasteiger partial charge on any atom is 0.194 e. The molecule has 0 aliphatic heterocycles. The lowest BCUT2D eigenvalue weighted by Crippen LogP contribution is -2.11. The molecule has 4 heteroatoms. The van der Waals surface area contributed by atoms with Gasteiger partial charge in [0.1, 0.15) is 5.75 Å². The van der Waals surface area contributed by atoms with E-state index in [9.17, 15) is 4.79 Å². The quantitative estimate of drug-likeness (QED) is 0.517. The molecule has 0 saturated heterocycles. The van der Waals surface area contributed by atoms with E-state index in [1.54, 1.807) is 6.20 Å². The minimum atomic E-state index is 0.0492. The number of carbonyl (C=O) groups is 1. The monoisotopic (exact) mass is 353 g/mol. The molecule has 0 radical (unpaired) electrons. The van der Waals surface area contributed by atoms with Crippen LogP contribution < -0.4 is 4.74 Å². The summed E-state index contributed by atoms with van der Waals surface area (Å²) in [7, 11) is 0. The zero-order valence-electron chi connectivity index (χ0n) is 11.7. The highest BCUT2D eigenvalue weighted by Gasteiger charge is 2.26. The van der Waals surface area contributed by atoms with Crippen LogP contribution in [0.2, 0.25) is 0 Å². The Bertz CT molecular complexity index is 905. The van der Waals surface area contributed by atoms with E-state index in [0.29, 0.717) is 17.7 Å². The number of nitrogens with zero attached hydrogens (tertiary/aromatic N) is 1. The van der Waals surface area contributed by atoms with Crippen LogP contribution in [-0.2, 0) is 0 Å². The number of benzene rings is 2. The summed E-state index contributed by atoms with van der Waals surface area (Å²) in [6.07, 6.45) is 1.77. The van der Waals surface area contributed by atoms with Gasteiger partial charge in [0, 0.05) is 39.0 Å². The van der Waals surface area contributed by atoms with Crippen LogP contribution in [0.15, 0.2) is 48.7 Å². The molecule has 4 rings (SSSR count). The maximum atomic E-state index is 12.7. The van der Waals surface area contributed by atoms with Crippen molar-refractivity contribution in [2.75, 3.05) is 11.9 Å². The van der Waals surface area contributed by atoms with E-state index in [1.807, 2.05) is 42.5 Å². The Morgan fingerprint density at radius 2 is 1.82 bits per heavy atom. The number of halogens is 1. The van der Waals surface area contributed by atoms with Gasteiger partial charge in [0.15, 0.2) is 5.78 Å². The van der Waals surface area contributed by atoms with E-state index in [4.69, 9.17) is 4.74 Å². The van der Waals surface area contributed by atoms with Crippen molar-refractivity contribution in [3.8, 4) is 17.0 Å². The Morgan fingerprint density at radius 3 is 2.64 bits per heavy atom. The average Bonchev–Trinajstić information content (AvgIpc) is 2.58. The SMILES string of the molecule is O=C1c2ccccc2-c2nccc3c(OCCBr)ccc1c23. The highest BCUT2D eigenvalue weighted by atomic mass is 79.9. The summed E-state index contributed by atoms with van der Waals surface area (Å²) in [5, 5.41) is 2.58. The molecule has 0 fully saturated rings. The first-order valence-corrected chi connectivity index (χ1v) is 8.18. The van der Waals surface area contributed by atoms with E-state index in [-0.39, 0.29) is 5.78 Å². The van der Waals surface area contributed by atoms with Gasteiger partial charge in [-0.25, -0.2) is 0 Å². The number of ketones is 1. The lowest BCUT2D eigenvalue weighted by molar-refractivity contribution is 0.104. The molecule has 22 heavy (non-hydrogen) atoms. The molecule has 0 unspecified atom stereocenters. The van der Waals surface area contributed by atoms with Crippen molar-refractivity contribution < 1.29 is 9.53 Å². The molecule has 1 aromatic heterocycles. The predicted molar refractivity (Wildman–Crippen MR) is 89.9 cm³/mol. The second-order valence-electron chi connectivity index (χ2n) is 5.11. The average molecular weight is 354 g/mol. The third kappa shape index (κ3) is 1.87. The number of ether oxygens (including phenoxy) is 1. The van der Waals surface area contributed by atoms with E-state index in [2.05, 4.69) is 20.9 Å².